The van der Waals surface area contributed by atoms with Crippen molar-refractivity contribution in [2.45, 2.75) is 63.7 Å². The summed E-state index contributed by atoms with van der Waals surface area (Å²) < 4.78 is 28.7. The highest BCUT2D eigenvalue weighted by Crippen LogP contribution is 2.43. The number of aliphatic hydroxyl groups excluding tert-OH is 1. The van der Waals surface area contributed by atoms with Crippen LogP contribution in [0.15, 0.2) is 77.8 Å². The number of carbonyl (C=O) groups is 2. The van der Waals surface area contributed by atoms with Gasteiger partial charge in [-0.25, -0.2) is 4.99 Å². The Bertz CT molecular complexity index is 1480. The lowest BCUT2D eigenvalue weighted by Crippen LogP contribution is -2.49. The third kappa shape index (κ3) is 8.78. The summed E-state index contributed by atoms with van der Waals surface area (Å²) in [5.41, 5.74) is 0.130. The number of benzene rings is 3. The molecule has 10 nitrogen and oxygen atoms in total. The molecule has 0 aromatic heterocycles. The minimum absolute atomic E-state index is 0.0458. The van der Waals surface area contributed by atoms with Crippen molar-refractivity contribution in [2.24, 2.45) is 4.99 Å². The van der Waals surface area contributed by atoms with Gasteiger partial charge in [0.1, 0.15) is 22.8 Å². The molecule has 1 aliphatic heterocycles. The molecule has 10 heteroatoms. The zero-order chi connectivity index (χ0) is 33.2. The number of aliphatic imine (C=N–C) groups is 1. The molecule has 3 aromatic rings. The van der Waals surface area contributed by atoms with Gasteiger partial charge in [0, 0.05) is 31.6 Å². The zero-order valence-electron chi connectivity index (χ0n) is 27.2. The van der Waals surface area contributed by atoms with Crippen molar-refractivity contribution in [3.05, 3.63) is 89.5 Å². The van der Waals surface area contributed by atoms with E-state index in [1.165, 1.54) is 0 Å². The number of nitrogens with one attached hydrogen (secondary N) is 1. The van der Waals surface area contributed by atoms with E-state index in [0.717, 1.165) is 11.1 Å². The van der Waals surface area contributed by atoms with Gasteiger partial charge in [0.25, 0.3) is 5.91 Å². The van der Waals surface area contributed by atoms with Gasteiger partial charge < -0.3 is 34.1 Å². The van der Waals surface area contributed by atoms with Crippen LogP contribution in [-0.2, 0) is 25.5 Å². The van der Waals surface area contributed by atoms with E-state index in [0.29, 0.717) is 42.3 Å². The molecule has 0 saturated carbocycles. The van der Waals surface area contributed by atoms with E-state index >= 15 is 0 Å². The Kier molecular flexibility index (Phi) is 11.7. The minimum atomic E-state index is -1.47. The lowest BCUT2D eigenvalue weighted by Gasteiger charge is -2.31. The summed E-state index contributed by atoms with van der Waals surface area (Å²) >= 11 is 0. The molecule has 0 saturated heterocycles. The third-order valence-corrected chi connectivity index (χ3v) is 7.43. The first-order chi connectivity index (χ1) is 22.1. The van der Waals surface area contributed by atoms with Crippen molar-refractivity contribution in [1.82, 2.24) is 5.32 Å². The molecule has 1 aliphatic rings. The first kappa shape index (κ1) is 34.3. The molecule has 0 aliphatic carbocycles. The molecule has 0 spiro atoms. The highest BCUT2D eigenvalue weighted by atomic mass is 16.6. The fourth-order valence-electron chi connectivity index (χ4n) is 5.22. The number of nitrogens with zero attached hydrogens (tertiary/aromatic N) is 1. The van der Waals surface area contributed by atoms with E-state index in [1.807, 2.05) is 60.7 Å². The summed E-state index contributed by atoms with van der Waals surface area (Å²) in [5, 5.41) is 12.1. The molecule has 2 N–H and O–H groups in total. The van der Waals surface area contributed by atoms with Crippen molar-refractivity contribution in [1.29, 1.82) is 0 Å². The lowest BCUT2D eigenvalue weighted by atomic mass is 9.83. The summed E-state index contributed by atoms with van der Waals surface area (Å²) in [5.74, 6) is 1.49. The van der Waals surface area contributed by atoms with E-state index in [-0.39, 0.29) is 37.8 Å². The SMILES string of the molecule is COc1ccc(OC)c(CCNC(=O)[C@]2(CCC(=O)OC(C)(C)C)N=C(c3ccc(OCCCO)cc3)O[C@@H]2c2ccccc2)c1. The Labute approximate surface area is 270 Å². The molecule has 46 heavy (non-hydrogen) atoms. The Balaban J connectivity index is 1.67. The first-order valence-electron chi connectivity index (χ1n) is 15.4. The monoisotopic (exact) mass is 632 g/mol. The van der Waals surface area contributed by atoms with Crippen LogP contribution >= 0.6 is 0 Å². The summed E-state index contributed by atoms with van der Waals surface area (Å²) in [7, 11) is 3.19. The second-order valence-corrected chi connectivity index (χ2v) is 12.0. The number of rotatable bonds is 15. The molecule has 0 fully saturated rings. The fourth-order valence-corrected chi connectivity index (χ4v) is 5.22. The van der Waals surface area contributed by atoms with E-state index in [1.54, 1.807) is 47.1 Å². The maximum Gasteiger partial charge on any atom is 0.306 e. The largest absolute Gasteiger partial charge is 0.497 e. The van der Waals surface area contributed by atoms with Crippen LogP contribution in [0.5, 0.6) is 17.2 Å². The van der Waals surface area contributed by atoms with Crippen molar-refractivity contribution >= 4 is 17.8 Å². The van der Waals surface area contributed by atoms with E-state index in [4.69, 9.17) is 33.8 Å². The van der Waals surface area contributed by atoms with Gasteiger partial charge in [-0.2, -0.15) is 0 Å². The van der Waals surface area contributed by atoms with Gasteiger partial charge in [-0.15, -0.1) is 0 Å². The quantitative estimate of drug-likeness (QED) is 0.173. The predicted molar refractivity (Wildman–Crippen MR) is 175 cm³/mol. The van der Waals surface area contributed by atoms with Crippen LogP contribution in [0.4, 0.5) is 0 Å². The number of carbonyl (C=O) groups excluding carboxylic acids is 2. The summed E-state index contributed by atoms with van der Waals surface area (Å²) in [6, 6.07) is 22.1. The van der Waals surface area contributed by atoms with Gasteiger partial charge in [-0.1, -0.05) is 30.3 Å². The van der Waals surface area contributed by atoms with Gasteiger partial charge in [-0.05, 0) is 87.2 Å². The smallest absolute Gasteiger partial charge is 0.306 e. The third-order valence-electron chi connectivity index (χ3n) is 7.43. The van der Waals surface area contributed by atoms with E-state index < -0.39 is 23.2 Å². The van der Waals surface area contributed by atoms with Crippen molar-refractivity contribution in [2.75, 3.05) is 34.0 Å². The number of ether oxygens (including phenoxy) is 5. The number of hydrogen-bond acceptors (Lipinski definition) is 9. The Morgan fingerprint density at radius 1 is 0.978 bits per heavy atom. The second kappa shape index (κ2) is 15.6. The van der Waals surface area contributed by atoms with Crippen LogP contribution in [0.2, 0.25) is 0 Å². The van der Waals surface area contributed by atoms with Gasteiger partial charge in [0.15, 0.2) is 11.6 Å². The molecule has 0 radical (unpaired) electrons. The van der Waals surface area contributed by atoms with Crippen LogP contribution in [-0.4, -0.2) is 68.0 Å². The van der Waals surface area contributed by atoms with Gasteiger partial charge in [-0.3, -0.25) is 9.59 Å². The second-order valence-electron chi connectivity index (χ2n) is 12.0. The molecular formula is C36H44N2O8. The molecule has 1 amide bonds. The fraction of sp³-hybridized carbons (Fsp3) is 0.417. The van der Waals surface area contributed by atoms with Crippen molar-refractivity contribution in [3.63, 3.8) is 0 Å². The highest BCUT2D eigenvalue weighted by Gasteiger charge is 2.53. The van der Waals surface area contributed by atoms with Crippen LogP contribution in [0.3, 0.4) is 0 Å². The normalized spacial score (nSPS) is 17.4. The zero-order valence-corrected chi connectivity index (χ0v) is 27.2. The van der Waals surface area contributed by atoms with Crippen LogP contribution in [0, 0.1) is 0 Å². The maximum atomic E-state index is 14.3. The highest BCUT2D eigenvalue weighted by molar-refractivity contribution is 6.01. The standard InChI is InChI=1S/C36H44N2O8/c1-35(2,3)46-31(40)18-20-36(34(41)37-21-19-27-24-29(42-4)16-17-30(27)43-5)32(25-10-7-6-8-11-25)45-33(38-36)26-12-14-28(15-13-26)44-23-9-22-39/h6-8,10-17,24,32,39H,9,18-23H2,1-5H3,(H,37,41)/t32-,36-/m1/s1. The average Bonchev–Trinajstić information content (AvgIpc) is 3.45. The topological polar surface area (TPSA) is 125 Å². The Morgan fingerprint density at radius 3 is 2.35 bits per heavy atom. The summed E-state index contributed by atoms with van der Waals surface area (Å²) in [4.78, 5) is 32.3. The van der Waals surface area contributed by atoms with Crippen LogP contribution in [0.25, 0.3) is 0 Å². The molecule has 246 valence electrons. The van der Waals surface area contributed by atoms with Crippen LogP contribution in [0.1, 0.15) is 62.8 Å². The summed E-state index contributed by atoms with van der Waals surface area (Å²) in [6.07, 6.45) is 0.199. The predicted octanol–water partition coefficient (Wildman–Crippen LogP) is 5.20. The Morgan fingerprint density at radius 2 is 1.70 bits per heavy atom. The minimum Gasteiger partial charge on any atom is -0.497 e. The molecule has 0 unspecified atom stereocenters. The molecular weight excluding hydrogens is 588 g/mol. The average molecular weight is 633 g/mol. The van der Waals surface area contributed by atoms with E-state index in [2.05, 4.69) is 5.32 Å². The van der Waals surface area contributed by atoms with Gasteiger partial charge >= 0.3 is 5.97 Å². The number of hydrogen-bond donors (Lipinski definition) is 2. The maximum absolute atomic E-state index is 14.3. The molecule has 3 aromatic carbocycles. The molecule has 1 heterocycles. The first-order valence-corrected chi connectivity index (χ1v) is 15.4. The van der Waals surface area contributed by atoms with Gasteiger partial charge in [0.05, 0.1) is 20.8 Å². The molecule has 2 atom stereocenters. The number of esters is 1. The number of aliphatic hydroxyl groups is 1. The van der Waals surface area contributed by atoms with Gasteiger partial charge in [0.2, 0.25) is 5.90 Å². The number of methoxy groups -OCH3 is 2. The van der Waals surface area contributed by atoms with E-state index in [9.17, 15) is 9.59 Å². The Hall–Kier alpha value is -4.57. The lowest BCUT2D eigenvalue weighted by molar-refractivity contribution is -0.155. The van der Waals surface area contributed by atoms with Crippen molar-refractivity contribution < 1.29 is 38.4 Å². The van der Waals surface area contributed by atoms with Crippen LogP contribution < -0.4 is 19.5 Å². The molecule has 4 rings (SSSR count). The number of amides is 1. The molecule has 0 bridgehead atoms. The van der Waals surface area contributed by atoms with Crippen molar-refractivity contribution in [3.8, 4) is 17.2 Å². The summed E-state index contributed by atoms with van der Waals surface area (Å²) in [6.45, 7) is 6.13.